The Morgan fingerprint density at radius 2 is 2.00 bits per heavy atom. The SMILES string of the molecule is CCCCOC(=O)c1ccc(C2N=c3cc(C)c(N)c(Br)c3=N2)cc1. The maximum atomic E-state index is 12.0. The Hall–Kier alpha value is -2.21. The molecule has 0 radical (unpaired) electrons. The summed E-state index contributed by atoms with van der Waals surface area (Å²) in [6.45, 7) is 4.46. The minimum Gasteiger partial charge on any atom is -0.462 e. The lowest BCUT2D eigenvalue weighted by Crippen LogP contribution is -2.24. The van der Waals surface area contributed by atoms with E-state index in [-0.39, 0.29) is 12.1 Å². The summed E-state index contributed by atoms with van der Waals surface area (Å²) in [7, 11) is 0. The summed E-state index contributed by atoms with van der Waals surface area (Å²) in [5.41, 5.74) is 9.15. The van der Waals surface area contributed by atoms with Crippen LogP contribution >= 0.6 is 15.9 Å². The third-order valence-corrected chi connectivity index (χ3v) is 4.96. The van der Waals surface area contributed by atoms with Gasteiger partial charge < -0.3 is 10.5 Å². The molecule has 0 aromatic heterocycles. The van der Waals surface area contributed by atoms with Crippen LogP contribution in [0.15, 0.2) is 44.8 Å². The van der Waals surface area contributed by atoms with Crippen molar-refractivity contribution < 1.29 is 9.53 Å². The summed E-state index contributed by atoms with van der Waals surface area (Å²) >= 11 is 3.50. The van der Waals surface area contributed by atoms with Crippen molar-refractivity contribution in [3.05, 3.63) is 62.2 Å². The Labute approximate surface area is 154 Å². The number of unbranched alkanes of at least 4 members (excludes halogenated alkanes) is 1. The van der Waals surface area contributed by atoms with Gasteiger partial charge in [-0.15, -0.1) is 0 Å². The number of halogens is 1. The van der Waals surface area contributed by atoms with E-state index in [1.165, 1.54) is 0 Å². The topological polar surface area (TPSA) is 77.0 Å². The molecule has 5 nitrogen and oxygen atoms in total. The lowest BCUT2D eigenvalue weighted by molar-refractivity contribution is 0.0499. The number of carbonyl (C=O) groups excluding carboxylic acids is 1. The summed E-state index contributed by atoms with van der Waals surface area (Å²) in [6.07, 6.45) is 1.55. The second kappa shape index (κ2) is 7.35. The highest BCUT2D eigenvalue weighted by Gasteiger charge is 2.17. The first-order valence-corrected chi connectivity index (χ1v) is 9.08. The number of carbonyl (C=O) groups is 1. The molecule has 3 rings (SSSR count). The monoisotopic (exact) mass is 401 g/mol. The molecule has 0 fully saturated rings. The van der Waals surface area contributed by atoms with E-state index in [1.54, 1.807) is 12.1 Å². The van der Waals surface area contributed by atoms with Crippen molar-refractivity contribution in [2.45, 2.75) is 32.9 Å². The molecule has 1 aliphatic heterocycles. The highest BCUT2D eigenvalue weighted by molar-refractivity contribution is 9.10. The van der Waals surface area contributed by atoms with Gasteiger partial charge in [-0.25, -0.2) is 4.79 Å². The van der Waals surface area contributed by atoms with E-state index in [1.807, 2.05) is 25.1 Å². The van der Waals surface area contributed by atoms with Crippen LogP contribution in [0.4, 0.5) is 5.69 Å². The van der Waals surface area contributed by atoms with Crippen LogP contribution in [0.3, 0.4) is 0 Å². The molecule has 1 unspecified atom stereocenters. The van der Waals surface area contributed by atoms with Crippen molar-refractivity contribution in [3.63, 3.8) is 0 Å². The normalized spacial score (nSPS) is 15.2. The van der Waals surface area contributed by atoms with Crippen LogP contribution in [-0.4, -0.2) is 12.6 Å². The summed E-state index contributed by atoms with van der Waals surface area (Å²) < 4.78 is 6.00. The van der Waals surface area contributed by atoms with E-state index >= 15 is 0 Å². The minimum atomic E-state index is -0.322. The Balaban J connectivity index is 1.82. The van der Waals surface area contributed by atoms with Crippen molar-refractivity contribution >= 4 is 27.6 Å². The number of esters is 1. The van der Waals surface area contributed by atoms with Gasteiger partial charge in [-0.05, 0) is 58.6 Å². The van der Waals surface area contributed by atoms with Gasteiger partial charge >= 0.3 is 5.97 Å². The molecular weight excluding hydrogens is 382 g/mol. The summed E-state index contributed by atoms with van der Waals surface area (Å²) in [5.74, 6) is -0.297. The summed E-state index contributed by atoms with van der Waals surface area (Å²) in [5, 5.41) is 1.60. The van der Waals surface area contributed by atoms with Gasteiger partial charge in [-0.2, -0.15) is 0 Å². The predicted molar refractivity (Wildman–Crippen MR) is 100.0 cm³/mol. The zero-order chi connectivity index (χ0) is 18.0. The Morgan fingerprint density at radius 1 is 1.28 bits per heavy atom. The minimum absolute atomic E-state index is 0.297. The van der Waals surface area contributed by atoms with Crippen molar-refractivity contribution in [1.82, 2.24) is 0 Å². The van der Waals surface area contributed by atoms with E-state index < -0.39 is 0 Å². The average Bonchev–Trinajstić information content (AvgIpc) is 3.04. The molecule has 2 aromatic rings. The van der Waals surface area contributed by atoms with Crippen LogP contribution in [0.25, 0.3) is 0 Å². The molecule has 0 aliphatic carbocycles. The quantitative estimate of drug-likeness (QED) is 0.474. The summed E-state index contributed by atoms with van der Waals surface area (Å²) in [4.78, 5) is 21.3. The number of fused-ring (bicyclic) bond motifs is 1. The van der Waals surface area contributed by atoms with E-state index in [9.17, 15) is 4.79 Å². The first-order chi connectivity index (χ1) is 12.0. The zero-order valence-electron chi connectivity index (χ0n) is 14.3. The van der Waals surface area contributed by atoms with Crippen molar-refractivity contribution in [1.29, 1.82) is 0 Å². The molecule has 25 heavy (non-hydrogen) atoms. The number of nitrogens with two attached hydrogens (primary N) is 1. The lowest BCUT2D eigenvalue weighted by Gasteiger charge is -2.07. The molecule has 2 aromatic carbocycles. The number of nitrogens with zero attached hydrogens (tertiary/aromatic N) is 2. The first-order valence-electron chi connectivity index (χ1n) is 8.28. The van der Waals surface area contributed by atoms with Crippen LogP contribution in [0.1, 0.15) is 47.4 Å². The number of aryl methyl sites for hydroxylation is 1. The van der Waals surface area contributed by atoms with Gasteiger partial charge in [0.1, 0.15) is 5.36 Å². The second-order valence-corrected chi connectivity index (χ2v) is 6.83. The number of ether oxygens (including phenoxy) is 1. The largest absolute Gasteiger partial charge is 0.462 e. The molecule has 0 spiro atoms. The second-order valence-electron chi connectivity index (χ2n) is 6.03. The third-order valence-electron chi connectivity index (χ3n) is 4.15. The van der Waals surface area contributed by atoms with Crippen molar-refractivity contribution in [2.75, 3.05) is 12.3 Å². The number of nitrogen functional groups attached to an aromatic ring is 1. The standard InChI is InChI=1S/C19H20BrN3O2/c1-3-4-9-25-19(24)13-7-5-12(6-8-13)18-22-14-10-11(2)16(21)15(20)17(14)23-18/h5-8,10,18H,3-4,9,21H2,1-2H3. The predicted octanol–water partition coefficient (Wildman–Crippen LogP) is 3.25. The Kier molecular flexibility index (Phi) is 5.18. The molecule has 0 saturated heterocycles. The number of hydrogen-bond acceptors (Lipinski definition) is 5. The van der Waals surface area contributed by atoms with E-state index in [0.717, 1.165) is 39.2 Å². The molecule has 0 amide bonds. The highest BCUT2D eigenvalue weighted by Crippen LogP contribution is 2.23. The molecule has 1 aliphatic rings. The molecule has 1 heterocycles. The Bertz CT molecular complexity index is 923. The summed E-state index contributed by atoms with van der Waals surface area (Å²) in [6, 6.07) is 9.19. The fourth-order valence-electron chi connectivity index (χ4n) is 2.60. The first kappa shape index (κ1) is 17.6. The van der Waals surface area contributed by atoms with Gasteiger partial charge in [0, 0.05) is 0 Å². The molecule has 2 N–H and O–H groups in total. The van der Waals surface area contributed by atoms with Gasteiger partial charge in [0.2, 0.25) is 0 Å². The maximum Gasteiger partial charge on any atom is 0.338 e. The van der Waals surface area contributed by atoms with Gasteiger partial charge in [0.25, 0.3) is 0 Å². The van der Waals surface area contributed by atoms with Crippen LogP contribution in [0.2, 0.25) is 0 Å². The number of benzene rings is 2. The fourth-order valence-corrected chi connectivity index (χ4v) is 3.22. The fraction of sp³-hybridized carbons (Fsp3) is 0.316. The molecule has 0 bridgehead atoms. The van der Waals surface area contributed by atoms with Crippen LogP contribution in [0, 0.1) is 6.92 Å². The number of hydrogen-bond donors (Lipinski definition) is 1. The van der Waals surface area contributed by atoms with Gasteiger partial charge in [-0.3, -0.25) is 9.98 Å². The van der Waals surface area contributed by atoms with Crippen LogP contribution < -0.4 is 16.4 Å². The smallest absolute Gasteiger partial charge is 0.338 e. The molecule has 0 saturated carbocycles. The average molecular weight is 402 g/mol. The van der Waals surface area contributed by atoms with E-state index in [0.29, 0.717) is 17.9 Å². The van der Waals surface area contributed by atoms with Gasteiger partial charge in [-0.1, -0.05) is 25.5 Å². The van der Waals surface area contributed by atoms with E-state index in [2.05, 4.69) is 32.8 Å². The van der Waals surface area contributed by atoms with Gasteiger partial charge in [0.15, 0.2) is 6.17 Å². The molecule has 6 heteroatoms. The van der Waals surface area contributed by atoms with Crippen molar-refractivity contribution in [2.24, 2.45) is 9.98 Å². The molecular formula is C19H20BrN3O2. The molecule has 130 valence electrons. The number of rotatable bonds is 5. The zero-order valence-corrected chi connectivity index (χ0v) is 15.8. The lowest BCUT2D eigenvalue weighted by atomic mass is 10.1. The third kappa shape index (κ3) is 3.58. The van der Waals surface area contributed by atoms with Crippen LogP contribution in [-0.2, 0) is 4.74 Å². The maximum absolute atomic E-state index is 12.0. The van der Waals surface area contributed by atoms with Gasteiger partial charge in [0.05, 0.1) is 27.7 Å². The van der Waals surface area contributed by atoms with Crippen LogP contribution in [0.5, 0.6) is 0 Å². The van der Waals surface area contributed by atoms with Crippen molar-refractivity contribution in [3.8, 4) is 0 Å². The Morgan fingerprint density at radius 3 is 2.68 bits per heavy atom. The highest BCUT2D eigenvalue weighted by atomic mass is 79.9. The molecule has 1 atom stereocenters. The van der Waals surface area contributed by atoms with E-state index in [4.69, 9.17) is 10.5 Å². The number of anilines is 1.